The molecule has 1 aromatic heterocycles. The van der Waals surface area contributed by atoms with Crippen LogP contribution in [-0.2, 0) is 0 Å². The van der Waals surface area contributed by atoms with Gasteiger partial charge >= 0.3 is 0 Å². The third kappa shape index (κ3) is 5.13. The predicted octanol–water partition coefficient (Wildman–Crippen LogP) is 6.04. The summed E-state index contributed by atoms with van der Waals surface area (Å²) in [6.07, 6.45) is 7.78. The average molecular weight is 488 g/mol. The molecule has 190 valence electrons. The molecule has 3 aromatic rings. The summed E-state index contributed by atoms with van der Waals surface area (Å²) in [4.78, 5) is 34.7. The van der Waals surface area contributed by atoms with Gasteiger partial charge in [-0.3, -0.25) is 9.59 Å². The normalized spacial score (nSPS) is 21.9. The summed E-state index contributed by atoms with van der Waals surface area (Å²) in [5.41, 5.74) is 2.23. The number of hydrogen-bond acceptors (Lipinski definition) is 3. The highest BCUT2D eigenvalue weighted by Crippen LogP contribution is 2.31. The molecule has 2 amide bonds. The Morgan fingerprint density at radius 1 is 0.944 bits per heavy atom. The minimum atomic E-state index is -0.140. The van der Waals surface area contributed by atoms with Gasteiger partial charge in [0.05, 0.1) is 11.6 Å². The molecule has 1 aliphatic carbocycles. The maximum Gasteiger partial charge on any atom is 0.270 e. The largest absolute Gasteiger partial charge is 0.487 e. The van der Waals surface area contributed by atoms with Crippen LogP contribution in [0.3, 0.4) is 0 Å². The zero-order chi connectivity index (χ0) is 24.9. The van der Waals surface area contributed by atoms with Gasteiger partial charge in [-0.25, -0.2) is 0 Å². The van der Waals surface area contributed by atoms with Crippen LogP contribution in [-0.4, -0.2) is 58.4 Å². The SMILES string of the molecule is CCN1CCCCCCN(C(=O)c2cc3ccccc3[nH]2)[C@@H]2CCCC[C@@H]2Oc2ccccc2C1=O. The summed E-state index contributed by atoms with van der Waals surface area (Å²) in [5.74, 6) is 0.705. The van der Waals surface area contributed by atoms with Crippen molar-refractivity contribution in [3.63, 3.8) is 0 Å². The molecule has 5 rings (SSSR count). The van der Waals surface area contributed by atoms with Crippen LogP contribution in [0.4, 0.5) is 0 Å². The summed E-state index contributed by atoms with van der Waals surface area (Å²) in [5, 5.41) is 1.05. The molecule has 1 saturated carbocycles. The third-order valence-electron chi connectivity index (χ3n) is 7.73. The molecule has 1 aliphatic heterocycles. The molecule has 2 heterocycles. The number of hydrogen-bond donors (Lipinski definition) is 1. The molecule has 0 radical (unpaired) electrons. The van der Waals surface area contributed by atoms with Gasteiger partial charge in [-0.05, 0) is 63.3 Å². The van der Waals surface area contributed by atoms with Gasteiger partial charge < -0.3 is 19.5 Å². The number of fused-ring (bicyclic) bond motifs is 3. The van der Waals surface area contributed by atoms with Crippen LogP contribution in [0.15, 0.2) is 54.6 Å². The highest BCUT2D eigenvalue weighted by atomic mass is 16.5. The molecule has 2 aliphatic rings. The van der Waals surface area contributed by atoms with Crippen LogP contribution < -0.4 is 4.74 Å². The number of ether oxygens (including phenoxy) is 1. The lowest BCUT2D eigenvalue weighted by atomic mass is 9.90. The number of rotatable bonds is 2. The first-order valence-corrected chi connectivity index (χ1v) is 13.6. The van der Waals surface area contributed by atoms with Gasteiger partial charge in [-0.1, -0.05) is 49.6 Å². The molecular weight excluding hydrogens is 450 g/mol. The van der Waals surface area contributed by atoms with E-state index in [-0.39, 0.29) is 24.0 Å². The zero-order valence-electron chi connectivity index (χ0n) is 21.2. The van der Waals surface area contributed by atoms with Gasteiger partial charge in [-0.15, -0.1) is 0 Å². The second-order valence-electron chi connectivity index (χ2n) is 10.1. The Labute approximate surface area is 213 Å². The molecule has 2 aromatic carbocycles. The molecular formula is C30H37N3O3. The van der Waals surface area contributed by atoms with E-state index >= 15 is 0 Å². The Hall–Kier alpha value is -3.28. The maximum atomic E-state index is 13.9. The summed E-state index contributed by atoms with van der Waals surface area (Å²) in [7, 11) is 0. The van der Waals surface area contributed by atoms with Gasteiger partial charge in [0, 0.05) is 30.5 Å². The Morgan fingerprint density at radius 2 is 1.69 bits per heavy atom. The number of H-pyrrole nitrogens is 1. The fourth-order valence-electron chi connectivity index (χ4n) is 5.75. The molecule has 0 bridgehead atoms. The summed E-state index contributed by atoms with van der Waals surface area (Å²) < 4.78 is 6.63. The lowest BCUT2D eigenvalue weighted by Crippen LogP contribution is -2.51. The van der Waals surface area contributed by atoms with Gasteiger partial charge in [0.2, 0.25) is 0 Å². The average Bonchev–Trinajstić information content (AvgIpc) is 3.35. The van der Waals surface area contributed by atoms with E-state index in [0.717, 1.165) is 75.4 Å². The van der Waals surface area contributed by atoms with E-state index in [1.807, 2.05) is 66.4 Å². The molecule has 0 unspecified atom stereocenters. The highest BCUT2D eigenvalue weighted by Gasteiger charge is 2.36. The van der Waals surface area contributed by atoms with Crippen molar-refractivity contribution in [1.29, 1.82) is 0 Å². The minimum absolute atomic E-state index is 0.0222. The lowest BCUT2D eigenvalue weighted by Gasteiger charge is -2.40. The van der Waals surface area contributed by atoms with E-state index in [1.54, 1.807) is 0 Å². The quantitative estimate of drug-likeness (QED) is 0.479. The van der Waals surface area contributed by atoms with E-state index in [0.29, 0.717) is 23.6 Å². The smallest absolute Gasteiger partial charge is 0.270 e. The molecule has 6 nitrogen and oxygen atoms in total. The van der Waals surface area contributed by atoms with Crippen molar-refractivity contribution < 1.29 is 14.3 Å². The van der Waals surface area contributed by atoms with Crippen LogP contribution >= 0.6 is 0 Å². The van der Waals surface area contributed by atoms with E-state index < -0.39 is 0 Å². The van der Waals surface area contributed by atoms with Gasteiger partial charge in [0.25, 0.3) is 11.8 Å². The van der Waals surface area contributed by atoms with Gasteiger partial charge in [0.1, 0.15) is 17.5 Å². The Balaban J connectivity index is 1.48. The first kappa shape index (κ1) is 24.4. The second-order valence-corrected chi connectivity index (χ2v) is 10.1. The number of aromatic amines is 1. The van der Waals surface area contributed by atoms with Gasteiger partial charge in [0.15, 0.2) is 0 Å². The predicted molar refractivity (Wildman–Crippen MR) is 142 cm³/mol. The second kappa shape index (κ2) is 11.2. The number of carbonyl (C=O) groups is 2. The Morgan fingerprint density at radius 3 is 2.53 bits per heavy atom. The monoisotopic (exact) mass is 487 g/mol. The molecule has 1 fully saturated rings. The van der Waals surface area contributed by atoms with Crippen LogP contribution in [0.1, 0.15) is 79.1 Å². The standard InChI is InChI=1S/C30H37N3O3/c1-2-32-19-11-3-4-12-20-33(30(35)25-21-22-13-5-7-15-24(22)31-25)26-16-8-10-18-28(26)36-27-17-9-6-14-23(27)29(32)34/h5-7,9,13-15,17,21,26,28,31H,2-4,8,10-12,16,18-20H2,1H3/t26-,28+/m1/s1. The van der Waals surface area contributed by atoms with Crippen molar-refractivity contribution in [2.45, 2.75) is 70.4 Å². The summed E-state index contributed by atoms with van der Waals surface area (Å²) >= 11 is 0. The molecule has 0 saturated heterocycles. The van der Waals surface area contributed by atoms with Crippen molar-refractivity contribution in [2.24, 2.45) is 0 Å². The number of nitrogens with one attached hydrogen (secondary N) is 1. The van der Waals surface area contributed by atoms with Crippen molar-refractivity contribution in [1.82, 2.24) is 14.8 Å². The number of aromatic nitrogens is 1. The first-order valence-electron chi connectivity index (χ1n) is 13.6. The lowest BCUT2D eigenvalue weighted by molar-refractivity contribution is 0.0263. The topological polar surface area (TPSA) is 65.6 Å². The van der Waals surface area contributed by atoms with E-state index in [4.69, 9.17) is 4.74 Å². The molecule has 0 spiro atoms. The van der Waals surface area contributed by atoms with E-state index in [2.05, 4.69) is 9.88 Å². The van der Waals surface area contributed by atoms with E-state index in [1.165, 1.54) is 0 Å². The summed E-state index contributed by atoms with van der Waals surface area (Å²) in [6, 6.07) is 17.6. The first-order chi connectivity index (χ1) is 17.7. The molecule has 1 N–H and O–H groups in total. The number of amides is 2. The van der Waals surface area contributed by atoms with E-state index in [9.17, 15) is 9.59 Å². The van der Waals surface area contributed by atoms with Gasteiger partial charge in [-0.2, -0.15) is 0 Å². The van der Waals surface area contributed by atoms with Crippen molar-refractivity contribution in [3.8, 4) is 5.75 Å². The molecule has 36 heavy (non-hydrogen) atoms. The fourth-order valence-corrected chi connectivity index (χ4v) is 5.75. The maximum absolute atomic E-state index is 13.9. The number of benzene rings is 2. The van der Waals surface area contributed by atoms with Crippen LogP contribution in [0.25, 0.3) is 10.9 Å². The van der Waals surface area contributed by atoms with Crippen molar-refractivity contribution in [3.05, 3.63) is 65.9 Å². The number of para-hydroxylation sites is 2. The van der Waals surface area contributed by atoms with Crippen LogP contribution in [0.5, 0.6) is 5.75 Å². The minimum Gasteiger partial charge on any atom is -0.487 e. The van der Waals surface area contributed by atoms with Crippen molar-refractivity contribution in [2.75, 3.05) is 19.6 Å². The highest BCUT2D eigenvalue weighted by molar-refractivity contribution is 5.98. The molecule has 6 heteroatoms. The Kier molecular flexibility index (Phi) is 7.59. The third-order valence-corrected chi connectivity index (χ3v) is 7.73. The number of nitrogens with zero attached hydrogens (tertiary/aromatic N) is 2. The summed E-state index contributed by atoms with van der Waals surface area (Å²) in [6.45, 7) is 4.19. The fraction of sp³-hybridized carbons (Fsp3) is 0.467. The number of carbonyl (C=O) groups excluding carboxylic acids is 2. The van der Waals surface area contributed by atoms with Crippen molar-refractivity contribution >= 4 is 22.7 Å². The zero-order valence-corrected chi connectivity index (χ0v) is 21.2. The van der Waals surface area contributed by atoms with Crippen LogP contribution in [0, 0.1) is 0 Å². The van der Waals surface area contributed by atoms with Crippen LogP contribution in [0.2, 0.25) is 0 Å². The molecule has 2 atom stereocenters. The Bertz CT molecular complexity index is 1170.